The number of nitrogens with one attached hydrogen (secondary N) is 3. The van der Waals surface area contributed by atoms with Crippen molar-refractivity contribution in [1.29, 1.82) is 0 Å². The lowest BCUT2D eigenvalue weighted by atomic mass is 9.94. The van der Waals surface area contributed by atoms with Gasteiger partial charge in [-0.2, -0.15) is 0 Å². The van der Waals surface area contributed by atoms with Crippen molar-refractivity contribution >= 4 is 23.5 Å². The number of anilines is 1. The predicted octanol–water partition coefficient (Wildman–Crippen LogP) is 0.862. The van der Waals surface area contributed by atoms with Gasteiger partial charge >= 0.3 is 0 Å². The molecule has 4 rings (SSSR count). The minimum absolute atomic E-state index is 0.0397. The molecule has 0 bridgehead atoms. The molecule has 3 amide bonds. The number of hydrazine groups is 1. The van der Waals surface area contributed by atoms with Crippen molar-refractivity contribution in [3.8, 4) is 0 Å². The topological polar surface area (TPSA) is 127 Å². The van der Waals surface area contributed by atoms with Gasteiger partial charge in [0.25, 0.3) is 11.8 Å². The first-order valence-electron chi connectivity index (χ1n) is 10.5. The van der Waals surface area contributed by atoms with E-state index in [-0.39, 0.29) is 35.2 Å². The third kappa shape index (κ3) is 4.48. The number of hydrogen-bond acceptors (Lipinski definition) is 7. The first kappa shape index (κ1) is 21.1. The number of aromatic nitrogens is 1. The summed E-state index contributed by atoms with van der Waals surface area (Å²) in [6.07, 6.45) is 2.95. The summed E-state index contributed by atoms with van der Waals surface area (Å²) in [7, 11) is 0. The maximum absolute atomic E-state index is 13.1. The van der Waals surface area contributed by atoms with E-state index in [0.29, 0.717) is 12.4 Å². The molecule has 10 nitrogen and oxygen atoms in total. The van der Waals surface area contributed by atoms with Gasteiger partial charge in [0, 0.05) is 25.2 Å². The maximum Gasteiger partial charge on any atom is 0.280 e. The second-order valence-electron chi connectivity index (χ2n) is 9.41. The summed E-state index contributed by atoms with van der Waals surface area (Å²) in [5, 5.41) is 17.7. The molecule has 1 aromatic rings. The Hall–Kier alpha value is -3.14. The number of nitrogens with zero attached hydrogens (tertiary/aromatic N) is 3. The van der Waals surface area contributed by atoms with Gasteiger partial charge in [-0.15, -0.1) is 0 Å². The minimum Gasteiger partial charge on any atom is -0.494 e. The quantitative estimate of drug-likeness (QED) is 0.512. The van der Waals surface area contributed by atoms with Crippen LogP contribution in [0.25, 0.3) is 0 Å². The highest BCUT2D eigenvalue weighted by Crippen LogP contribution is 2.33. The van der Waals surface area contributed by atoms with Crippen LogP contribution in [0.4, 0.5) is 5.82 Å². The lowest BCUT2D eigenvalue weighted by Gasteiger charge is -2.42. The molecular weight excluding hydrogens is 400 g/mol. The van der Waals surface area contributed by atoms with Crippen LogP contribution in [0.2, 0.25) is 0 Å². The Kier molecular flexibility index (Phi) is 5.34. The molecule has 4 N–H and O–H groups in total. The van der Waals surface area contributed by atoms with Gasteiger partial charge in [0.05, 0.1) is 0 Å². The van der Waals surface area contributed by atoms with Crippen LogP contribution in [0.5, 0.6) is 0 Å². The number of hydrogen-bond donors (Lipinski definition) is 4. The van der Waals surface area contributed by atoms with Gasteiger partial charge in [-0.05, 0) is 30.4 Å². The molecule has 31 heavy (non-hydrogen) atoms. The normalized spacial score (nSPS) is 23.6. The van der Waals surface area contributed by atoms with Crippen molar-refractivity contribution in [2.75, 3.05) is 11.9 Å². The van der Waals surface area contributed by atoms with Crippen molar-refractivity contribution in [3.63, 3.8) is 0 Å². The van der Waals surface area contributed by atoms with Crippen LogP contribution < -0.4 is 16.1 Å². The van der Waals surface area contributed by atoms with Crippen LogP contribution in [-0.2, 0) is 14.4 Å². The third-order valence-corrected chi connectivity index (χ3v) is 5.34. The molecule has 2 fully saturated rings. The molecule has 0 aromatic carbocycles. The Labute approximate surface area is 180 Å². The van der Waals surface area contributed by atoms with Crippen LogP contribution in [0.1, 0.15) is 40.0 Å². The highest BCUT2D eigenvalue weighted by molar-refractivity contribution is 6.19. The standard InChI is InChI=1S/C21H28N6O4/c1-21(2,3)11-26-15-10-13(17(28)24-14-6-4-5-9-22-14)25-27(15)20(31)16(19(26)30)18(29)23-12-7-8-12/h4-6,9,12-13,15,25,30H,7-8,10-11H2,1-3H3,(H,23,29)(H,22,24,28). The minimum atomic E-state index is -0.725. The molecule has 2 unspecified atom stereocenters. The lowest BCUT2D eigenvalue weighted by Crippen LogP contribution is -2.59. The molecule has 0 spiro atoms. The molecule has 1 saturated heterocycles. The van der Waals surface area contributed by atoms with Crippen LogP contribution >= 0.6 is 0 Å². The molecule has 3 heterocycles. The van der Waals surface area contributed by atoms with Crippen molar-refractivity contribution < 1.29 is 19.5 Å². The van der Waals surface area contributed by atoms with E-state index >= 15 is 0 Å². The fourth-order valence-corrected chi connectivity index (χ4v) is 3.78. The Bertz CT molecular complexity index is 922. The number of rotatable bonds is 5. The summed E-state index contributed by atoms with van der Waals surface area (Å²) in [5.41, 5.74) is 2.40. The number of fused-ring (bicyclic) bond motifs is 1. The van der Waals surface area contributed by atoms with Gasteiger partial charge in [-0.1, -0.05) is 26.8 Å². The highest BCUT2D eigenvalue weighted by atomic mass is 16.3. The predicted molar refractivity (Wildman–Crippen MR) is 112 cm³/mol. The number of pyridine rings is 1. The first-order chi connectivity index (χ1) is 14.6. The number of amides is 3. The second-order valence-corrected chi connectivity index (χ2v) is 9.41. The van der Waals surface area contributed by atoms with Gasteiger partial charge < -0.3 is 20.6 Å². The Morgan fingerprint density at radius 2 is 2.03 bits per heavy atom. The van der Waals surface area contributed by atoms with Crippen LogP contribution in [0.15, 0.2) is 35.9 Å². The average molecular weight is 428 g/mol. The van der Waals surface area contributed by atoms with Crippen molar-refractivity contribution in [3.05, 3.63) is 35.9 Å². The van der Waals surface area contributed by atoms with Gasteiger partial charge in [-0.25, -0.2) is 15.4 Å². The van der Waals surface area contributed by atoms with Crippen molar-refractivity contribution in [1.82, 2.24) is 25.6 Å². The van der Waals surface area contributed by atoms with Crippen LogP contribution in [0, 0.1) is 5.41 Å². The monoisotopic (exact) mass is 428 g/mol. The largest absolute Gasteiger partial charge is 0.494 e. The maximum atomic E-state index is 13.1. The van der Waals surface area contributed by atoms with Gasteiger partial charge in [0.15, 0.2) is 5.57 Å². The Morgan fingerprint density at radius 3 is 2.65 bits per heavy atom. The zero-order valence-electron chi connectivity index (χ0n) is 17.9. The highest BCUT2D eigenvalue weighted by Gasteiger charge is 2.50. The van der Waals surface area contributed by atoms with Crippen LogP contribution in [-0.4, -0.2) is 62.5 Å². The molecule has 0 radical (unpaired) electrons. The van der Waals surface area contributed by atoms with E-state index in [1.165, 1.54) is 5.01 Å². The number of aliphatic hydroxyl groups excluding tert-OH is 1. The molecule has 1 saturated carbocycles. The SMILES string of the molecule is CC(C)(C)CN1C(O)=C(C(=O)NC2CC2)C(=O)N2NC(C(=O)Nc3ccccn3)CC12. The summed E-state index contributed by atoms with van der Waals surface area (Å²) in [6, 6.07) is 4.49. The second kappa shape index (κ2) is 7.84. The zero-order valence-corrected chi connectivity index (χ0v) is 17.9. The molecule has 2 atom stereocenters. The van der Waals surface area contributed by atoms with E-state index in [1.54, 1.807) is 29.3 Å². The van der Waals surface area contributed by atoms with E-state index in [0.717, 1.165) is 12.8 Å². The average Bonchev–Trinajstić information content (AvgIpc) is 3.38. The molecule has 166 valence electrons. The first-order valence-corrected chi connectivity index (χ1v) is 10.5. The van der Waals surface area contributed by atoms with E-state index in [9.17, 15) is 19.5 Å². The molecule has 1 aliphatic carbocycles. The smallest absolute Gasteiger partial charge is 0.280 e. The van der Waals surface area contributed by atoms with E-state index in [1.807, 2.05) is 20.8 Å². The fourth-order valence-electron chi connectivity index (χ4n) is 3.78. The van der Waals surface area contributed by atoms with E-state index in [4.69, 9.17) is 0 Å². The molecular formula is C21H28N6O4. The third-order valence-electron chi connectivity index (χ3n) is 5.34. The van der Waals surface area contributed by atoms with Gasteiger partial charge in [0.1, 0.15) is 18.0 Å². The van der Waals surface area contributed by atoms with Gasteiger partial charge in [0.2, 0.25) is 11.8 Å². The summed E-state index contributed by atoms with van der Waals surface area (Å²) < 4.78 is 0. The van der Waals surface area contributed by atoms with Crippen molar-refractivity contribution in [2.24, 2.45) is 5.41 Å². The molecule has 2 aliphatic heterocycles. The van der Waals surface area contributed by atoms with Gasteiger partial charge in [-0.3, -0.25) is 14.4 Å². The van der Waals surface area contributed by atoms with Crippen molar-refractivity contribution in [2.45, 2.75) is 58.3 Å². The summed E-state index contributed by atoms with van der Waals surface area (Å²) in [5.74, 6) is -1.51. The molecule has 1 aromatic heterocycles. The Morgan fingerprint density at radius 1 is 1.29 bits per heavy atom. The van der Waals surface area contributed by atoms with Crippen LogP contribution in [0.3, 0.4) is 0 Å². The fraction of sp³-hybridized carbons (Fsp3) is 0.524. The van der Waals surface area contributed by atoms with E-state index < -0.39 is 24.0 Å². The summed E-state index contributed by atoms with van der Waals surface area (Å²) >= 11 is 0. The van der Waals surface area contributed by atoms with E-state index in [2.05, 4.69) is 21.0 Å². The zero-order chi connectivity index (χ0) is 22.3. The summed E-state index contributed by atoms with van der Waals surface area (Å²) in [4.78, 5) is 44.3. The Balaban J connectivity index is 1.58. The lowest BCUT2D eigenvalue weighted by molar-refractivity contribution is -0.142. The number of aliphatic hydroxyl groups is 1. The number of carbonyl (C=O) groups excluding carboxylic acids is 3. The summed E-state index contributed by atoms with van der Waals surface area (Å²) in [6.45, 7) is 6.39. The molecule has 10 heteroatoms. The molecule has 3 aliphatic rings. The number of carbonyl (C=O) groups is 3.